The molecule has 1 aromatic rings. The fraction of sp³-hybridized carbons (Fsp3) is 0.562. The molecule has 2 atom stereocenters. The Morgan fingerprint density at radius 3 is 2.55 bits per heavy atom. The van der Waals surface area contributed by atoms with Gasteiger partial charge in [-0.05, 0) is 50.4 Å². The molecule has 2 rings (SSSR count). The summed E-state index contributed by atoms with van der Waals surface area (Å²) in [6.07, 6.45) is 2.29. The maximum atomic E-state index is 11.5. The van der Waals surface area contributed by atoms with Gasteiger partial charge in [0.1, 0.15) is 5.75 Å². The van der Waals surface area contributed by atoms with Crippen LogP contribution in [0.5, 0.6) is 5.75 Å². The van der Waals surface area contributed by atoms with Gasteiger partial charge >= 0.3 is 5.97 Å². The van der Waals surface area contributed by atoms with Gasteiger partial charge < -0.3 is 10.2 Å². The summed E-state index contributed by atoms with van der Waals surface area (Å²) in [6.45, 7) is 5.58. The molecule has 0 aromatic heterocycles. The average Bonchev–Trinajstić information content (AvgIpc) is 2.87. The van der Waals surface area contributed by atoms with E-state index < -0.39 is 11.4 Å². The number of nitrogens with zero attached hydrogens (tertiary/aromatic N) is 1. The lowest BCUT2D eigenvalue weighted by molar-refractivity contribution is -0.148. The molecule has 0 aliphatic carbocycles. The van der Waals surface area contributed by atoms with Crippen LogP contribution in [0.3, 0.4) is 0 Å². The van der Waals surface area contributed by atoms with E-state index in [2.05, 4.69) is 11.8 Å². The van der Waals surface area contributed by atoms with Crippen LogP contribution in [0.4, 0.5) is 0 Å². The second-order valence-electron chi connectivity index (χ2n) is 5.88. The highest BCUT2D eigenvalue weighted by atomic mass is 16.4. The van der Waals surface area contributed by atoms with E-state index in [4.69, 9.17) is 0 Å². The van der Waals surface area contributed by atoms with E-state index in [0.717, 1.165) is 19.4 Å². The van der Waals surface area contributed by atoms with Crippen LogP contribution >= 0.6 is 0 Å². The van der Waals surface area contributed by atoms with E-state index in [0.29, 0.717) is 19.0 Å². The zero-order chi connectivity index (χ0) is 14.8. The van der Waals surface area contributed by atoms with Crippen LogP contribution in [0.2, 0.25) is 0 Å². The molecule has 0 radical (unpaired) electrons. The molecule has 20 heavy (non-hydrogen) atoms. The molecule has 1 aliphatic rings. The average molecular weight is 277 g/mol. The monoisotopic (exact) mass is 277 g/mol. The van der Waals surface area contributed by atoms with Gasteiger partial charge in [-0.25, -0.2) is 0 Å². The SMILES string of the molecule is CCC1(C(=O)O)CCN(C(C)Cc2ccc(O)cc2)C1. The first-order chi connectivity index (χ1) is 9.47. The van der Waals surface area contributed by atoms with Gasteiger partial charge in [-0.2, -0.15) is 0 Å². The number of carboxylic acids is 1. The number of rotatable bonds is 5. The van der Waals surface area contributed by atoms with Crippen LogP contribution in [0, 0.1) is 5.41 Å². The first-order valence-corrected chi connectivity index (χ1v) is 7.22. The molecule has 0 bridgehead atoms. The minimum atomic E-state index is -0.667. The van der Waals surface area contributed by atoms with Crippen LogP contribution in [-0.4, -0.2) is 40.2 Å². The normalized spacial score (nSPS) is 24.7. The Morgan fingerprint density at radius 1 is 1.40 bits per heavy atom. The maximum Gasteiger partial charge on any atom is 0.310 e. The number of carbonyl (C=O) groups is 1. The molecule has 1 heterocycles. The van der Waals surface area contributed by atoms with Crippen LogP contribution in [-0.2, 0) is 11.2 Å². The molecule has 1 fully saturated rings. The molecule has 2 N–H and O–H groups in total. The third-order valence-corrected chi connectivity index (χ3v) is 4.60. The van der Waals surface area contributed by atoms with Crippen molar-refractivity contribution in [2.45, 2.75) is 39.2 Å². The lowest BCUT2D eigenvalue weighted by atomic mass is 9.84. The molecule has 110 valence electrons. The van der Waals surface area contributed by atoms with Crippen LogP contribution < -0.4 is 0 Å². The van der Waals surface area contributed by atoms with Crippen molar-refractivity contribution in [1.29, 1.82) is 0 Å². The largest absolute Gasteiger partial charge is 0.508 e. The van der Waals surface area contributed by atoms with Crippen molar-refractivity contribution in [3.63, 3.8) is 0 Å². The lowest BCUT2D eigenvalue weighted by Crippen LogP contribution is -2.38. The second-order valence-corrected chi connectivity index (χ2v) is 5.88. The van der Waals surface area contributed by atoms with Crippen molar-refractivity contribution in [2.75, 3.05) is 13.1 Å². The summed E-state index contributed by atoms with van der Waals surface area (Å²) in [4.78, 5) is 13.7. The Labute approximate surface area is 120 Å². The van der Waals surface area contributed by atoms with Gasteiger partial charge in [0.25, 0.3) is 0 Å². The van der Waals surface area contributed by atoms with Crippen molar-refractivity contribution in [2.24, 2.45) is 5.41 Å². The van der Waals surface area contributed by atoms with Gasteiger partial charge in [-0.1, -0.05) is 19.1 Å². The number of aliphatic carboxylic acids is 1. The summed E-state index contributed by atoms with van der Waals surface area (Å²) in [5, 5.41) is 18.7. The summed E-state index contributed by atoms with van der Waals surface area (Å²) in [5.74, 6) is -0.391. The Morgan fingerprint density at radius 2 is 2.05 bits per heavy atom. The minimum absolute atomic E-state index is 0.276. The standard InChI is InChI=1S/C16H23NO3/c1-3-16(15(19)20)8-9-17(11-16)12(2)10-13-4-6-14(18)7-5-13/h4-7,12,18H,3,8-11H2,1-2H3,(H,19,20). The number of hydrogen-bond donors (Lipinski definition) is 2. The molecule has 0 amide bonds. The van der Waals surface area contributed by atoms with E-state index in [-0.39, 0.29) is 5.75 Å². The third-order valence-electron chi connectivity index (χ3n) is 4.60. The van der Waals surface area contributed by atoms with Gasteiger partial charge in [0, 0.05) is 12.6 Å². The zero-order valence-electron chi connectivity index (χ0n) is 12.2. The van der Waals surface area contributed by atoms with E-state index >= 15 is 0 Å². The highest BCUT2D eigenvalue weighted by Gasteiger charge is 2.44. The maximum absolute atomic E-state index is 11.5. The molecule has 4 heteroatoms. The lowest BCUT2D eigenvalue weighted by Gasteiger charge is -2.27. The van der Waals surface area contributed by atoms with Crippen molar-refractivity contribution < 1.29 is 15.0 Å². The first-order valence-electron chi connectivity index (χ1n) is 7.22. The van der Waals surface area contributed by atoms with E-state index in [1.54, 1.807) is 12.1 Å². The molecule has 0 spiro atoms. The molecule has 0 saturated carbocycles. The van der Waals surface area contributed by atoms with Gasteiger partial charge in [0.05, 0.1) is 5.41 Å². The third kappa shape index (κ3) is 2.96. The molecule has 1 aromatic carbocycles. The van der Waals surface area contributed by atoms with E-state index in [1.807, 2.05) is 19.1 Å². The highest BCUT2D eigenvalue weighted by molar-refractivity contribution is 5.75. The summed E-state index contributed by atoms with van der Waals surface area (Å²) in [6, 6.07) is 7.55. The number of phenolic OH excluding ortho intramolecular Hbond substituents is 1. The quantitative estimate of drug-likeness (QED) is 0.868. The van der Waals surface area contributed by atoms with Crippen LogP contribution in [0.1, 0.15) is 32.3 Å². The fourth-order valence-electron chi connectivity index (χ4n) is 3.00. The predicted molar refractivity (Wildman–Crippen MR) is 77.8 cm³/mol. The van der Waals surface area contributed by atoms with Gasteiger partial charge in [-0.15, -0.1) is 0 Å². The fourth-order valence-corrected chi connectivity index (χ4v) is 3.00. The number of aromatic hydroxyl groups is 1. The van der Waals surface area contributed by atoms with Gasteiger partial charge in [0.2, 0.25) is 0 Å². The Kier molecular flexibility index (Phi) is 4.33. The second kappa shape index (κ2) is 5.83. The number of likely N-dealkylation sites (tertiary alicyclic amines) is 1. The predicted octanol–water partition coefficient (Wildman–Crippen LogP) is 2.51. The van der Waals surface area contributed by atoms with Crippen molar-refractivity contribution in [3.8, 4) is 5.75 Å². The molecular weight excluding hydrogens is 254 g/mol. The topological polar surface area (TPSA) is 60.8 Å². The van der Waals surface area contributed by atoms with Gasteiger partial charge in [-0.3, -0.25) is 9.69 Å². The Hall–Kier alpha value is -1.55. The van der Waals surface area contributed by atoms with E-state index in [1.165, 1.54) is 5.56 Å². The highest BCUT2D eigenvalue weighted by Crippen LogP contribution is 2.35. The number of hydrogen-bond acceptors (Lipinski definition) is 3. The molecule has 4 nitrogen and oxygen atoms in total. The number of benzene rings is 1. The summed E-state index contributed by atoms with van der Waals surface area (Å²) in [5.41, 5.74) is 0.600. The number of phenols is 1. The summed E-state index contributed by atoms with van der Waals surface area (Å²) >= 11 is 0. The Balaban J connectivity index is 1.99. The first kappa shape index (κ1) is 14.9. The van der Waals surface area contributed by atoms with Crippen molar-refractivity contribution >= 4 is 5.97 Å². The smallest absolute Gasteiger partial charge is 0.310 e. The van der Waals surface area contributed by atoms with Crippen molar-refractivity contribution in [1.82, 2.24) is 4.90 Å². The molecule has 1 saturated heterocycles. The molecular formula is C16H23NO3. The minimum Gasteiger partial charge on any atom is -0.508 e. The van der Waals surface area contributed by atoms with Crippen LogP contribution in [0.15, 0.2) is 24.3 Å². The van der Waals surface area contributed by atoms with Crippen molar-refractivity contribution in [3.05, 3.63) is 29.8 Å². The zero-order valence-corrected chi connectivity index (χ0v) is 12.2. The van der Waals surface area contributed by atoms with E-state index in [9.17, 15) is 15.0 Å². The Bertz CT molecular complexity index is 471. The summed E-state index contributed by atoms with van der Waals surface area (Å²) < 4.78 is 0. The summed E-state index contributed by atoms with van der Waals surface area (Å²) in [7, 11) is 0. The van der Waals surface area contributed by atoms with Crippen LogP contribution in [0.25, 0.3) is 0 Å². The van der Waals surface area contributed by atoms with Gasteiger partial charge in [0.15, 0.2) is 0 Å². The number of carboxylic acid groups (broad SMARTS) is 1. The molecule has 1 aliphatic heterocycles. The molecule has 2 unspecified atom stereocenters.